The molecule has 0 fully saturated rings. The van der Waals surface area contributed by atoms with Crippen LogP contribution in [0.15, 0.2) is 72.1 Å². The first-order chi connectivity index (χ1) is 13.2. The van der Waals surface area contributed by atoms with Gasteiger partial charge in [0.25, 0.3) is 0 Å². The molecule has 27 heavy (non-hydrogen) atoms. The van der Waals surface area contributed by atoms with Crippen LogP contribution in [0.1, 0.15) is 12.5 Å². The van der Waals surface area contributed by atoms with Crippen molar-refractivity contribution in [2.24, 2.45) is 0 Å². The maximum absolute atomic E-state index is 12.7. The molecule has 2 aromatic carbocycles. The van der Waals surface area contributed by atoms with Crippen molar-refractivity contribution < 1.29 is 9.53 Å². The number of benzene rings is 2. The third-order valence-corrected chi connectivity index (χ3v) is 5.17. The molecule has 0 spiro atoms. The van der Waals surface area contributed by atoms with Gasteiger partial charge in [0.1, 0.15) is 5.75 Å². The Hall–Kier alpha value is -2.73. The second-order valence-corrected chi connectivity index (χ2v) is 6.91. The third kappa shape index (κ3) is 4.92. The number of aromatic nitrogens is 2. The largest absolute Gasteiger partial charge is 0.497 e. The molecule has 0 saturated heterocycles. The van der Waals surface area contributed by atoms with Gasteiger partial charge in [-0.15, -0.1) is 0 Å². The van der Waals surface area contributed by atoms with E-state index in [2.05, 4.69) is 4.98 Å². The van der Waals surface area contributed by atoms with Crippen LogP contribution in [0.3, 0.4) is 0 Å². The fourth-order valence-corrected chi connectivity index (χ4v) is 3.63. The highest BCUT2D eigenvalue weighted by Gasteiger charge is 2.15. The Morgan fingerprint density at radius 3 is 2.74 bits per heavy atom. The molecule has 0 atom stereocenters. The molecule has 1 aromatic heterocycles. The van der Waals surface area contributed by atoms with E-state index in [1.165, 1.54) is 11.8 Å². The molecule has 1 heterocycles. The Morgan fingerprint density at radius 2 is 2.00 bits per heavy atom. The number of methoxy groups -OCH3 is 1. The number of amides is 1. The Labute approximate surface area is 164 Å². The highest BCUT2D eigenvalue weighted by molar-refractivity contribution is 7.99. The van der Waals surface area contributed by atoms with E-state index in [0.717, 1.165) is 22.2 Å². The summed E-state index contributed by atoms with van der Waals surface area (Å²) in [5.41, 5.74) is 2.09. The van der Waals surface area contributed by atoms with E-state index in [1.54, 1.807) is 13.3 Å². The Bertz CT molecular complexity index is 880. The van der Waals surface area contributed by atoms with Crippen LogP contribution in [0.25, 0.3) is 5.69 Å². The smallest absolute Gasteiger partial charge is 0.233 e. The molecule has 0 unspecified atom stereocenters. The van der Waals surface area contributed by atoms with Gasteiger partial charge >= 0.3 is 0 Å². The Kier molecular flexibility index (Phi) is 6.54. The van der Waals surface area contributed by atoms with E-state index >= 15 is 0 Å². The van der Waals surface area contributed by atoms with Crippen LogP contribution in [0.4, 0.5) is 0 Å². The van der Waals surface area contributed by atoms with Crippen LogP contribution < -0.4 is 4.74 Å². The number of imidazole rings is 1. The normalized spacial score (nSPS) is 10.6. The molecular formula is C21H23N3O2S. The van der Waals surface area contributed by atoms with Crippen molar-refractivity contribution in [3.63, 3.8) is 0 Å². The summed E-state index contributed by atoms with van der Waals surface area (Å²) in [5, 5.41) is 0.785. The second kappa shape index (κ2) is 9.28. The van der Waals surface area contributed by atoms with Gasteiger partial charge in [0.15, 0.2) is 5.16 Å². The number of hydrogen-bond acceptors (Lipinski definition) is 4. The predicted molar refractivity (Wildman–Crippen MR) is 108 cm³/mol. The average molecular weight is 382 g/mol. The monoisotopic (exact) mass is 381 g/mol. The zero-order valence-corrected chi connectivity index (χ0v) is 16.4. The lowest BCUT2D eigenvalue weighted by Gasteiger charge is -2.21. The van der Waals surface area contributed by atoms with Crippen molar-refractivity contribution in [2.75, 3.05) is 19.4 Å². The van der Waals surface area contributed by atoms with Crippen molar-refractivity contribution in [2.45, 2.75) is 18.6 Å². The quantitative estimate of drug-likeness (QED) is 0.553. The number of ether oxygens (including phenoxy) is 1. The molecule has 0 aliphatic rings. The van der Waals surface area contributed by atoms with Crippen molar-refractivity contribution in [1.82, 2.24) is 14.5 Å². The maximum Gasteiger partial charge on any atom is 0.233 e. The molecule has 0 aliphatic carbocycles. The minimum atomic E-state index is 0.103. The first kappa shape index (κ1) is 19.0. The molecule has 0 radical (unpaired) electrons. The standard InChI is InChI=1S/C21H23N3O2S/c1-3-23(15-17-8-5-4-6-9-17)20(25)16-27-21-22-12-13-24(21)18-10-7-11-19(14-18)26-2/h4-14H,3,15-16H2,1-2H3. The van der Waals surface area contributed by atoms with E-state index in [-0.39, 0.29) is 5.91 Å². The van der Waals surface area contributed by atoms with Crippen LogP contribution in [0, 0.1) is 0 Å². The summed E-state index contributed by atoms with van der Waals surface area (Å²) >= 11 is 1.44. The van der Waals surface area contributed by atoms with Crippen LogP contribution in [0.5, 0.6) is 5.75 Å². The van der Waals surface area contributed by atoms with Gasteiger partial charge in [-0.2, -0.15) is 0 Å². The molecule has 1 amide bonds. The lowest BCUT2D eigenvalue weighted by molar-refractivity contribution is -0.128. The molecule has 5 nitrogen and oxygen atoms in total. The molecule has 0 saturated carbocycles. The molecule has 6 heteroatoms. The summed E-state index contributed by atoms with van der Waals surface area (Å²) in [5.74, 6) is 1.24. The van der Waals surface area contributed by atoms with Crippen molar-refractivity contribution in [3.05, 3.63) is 72.6 Å². The van der Waals surface area contributed by atoms with Crippen LogP contribution in [0.2, 0.25) is 0 Å². The summed E-state index contributed by atoms with van der Waals surface area (Å²) in [7, 11) is 1.65. The highest BCUT2D eigenvalue weighted by Crippen LogP contribution is 2.23. The summed E-state index contributed by atoms with van der Waals surface area (Å²) < 4.78 is 7.26. The number of hydrogen-bond donors (Lipinski definition) is 0. The van der Waals surface area contributed by atoms with Gasteiger partial charge in [0.2, 0.25) is 5.91 Å². The lowest BCUT2D eigenvalue weighted by Crippen LogP contribution is -2.31. The van der Waals surface area contributed by atoms with Crippen molar-refractivity contribution >= 4 is 17.7 Å². The van der Waals surface area contributed by atoms with E-state index in [9.17, 15) is 4.79 Å². The predicted octanol–water partition coefficient (Wildman–Crippen LogP) is 4.02. The molecule has 0 aliphatic heterocycles. The van der Waals surface area contributed by atoms with Crippen LogP contribution in [-0.2, 0) is 11.3 Å². The second-order valence-electron chi connectivity index (χ2n) is 5.96. The van der Waals surface area contributed by atoms with E-state index in [0.29, 0.717) is 18.8 Å². The number of nitrogens with zero attached hydrogens (tertiary/aromatic N) is 3. The minimum Gasteiger partial charge on any atom is -0.497 e. The van der Waals surface area contributed by atoms with Gasteiger partial charge in [0, 0.05) is 31.5 Å². The fraction of sp³-hybridized carbons (Fsp3) is 0.238. The fourth-order valence-electron chi connectivity index (χ4n) is 2.75. The first-order valence-electron chi connectivity index (χ1n) is 8.83. The van der Waals surface area contributed by atoms with Crippen molar-refractivity contribution in [1.29, 1.82) is 0 Å². The summed E-state index contributed by atoms with van der Waals surface area (Å²) in [6.07, 6.45) is 3.64. The average Bonchev–Trinajstić information content (AvgIpc) is 3.19. The van der Waals surface area contributed by atoms with Gasteiger partial charge < -0.3 is 9.64 Å². The van der Waals surface area contributed by atoms with Gasteiger partial charge in [-0.3, -0.25) is 9.36 Å². The lowest BCUT2D eigenvalue weighted by atomic mass is 10.2. The van der Waals surface area contributed by atoms with E-state index in [4.69, 9.17) is 4.74 Å². The van der Waals surface area contributed by atoms with Crippen LogP contribution in [-0.4, -0.2) is 39.8 Å². The first-order valence-corrected chi connectivity index (χ1v) is 9.82. The minimum absolute atomic E-state index is 0.103. The molecule has 3 rings (SSSR count). The Morgan fingerprint density at radius 1 is 1.19 bits per heavy atom. The molecule has 3 aromatic rings. The van der Waals surface area contributed by atoms with Crippen molar-refractivity contribution in [3.8, 4) is 11.4 Å². The number of carbonyl (C=O) groups excluding carboxylic acids is 1. The van der Waals surface area contributed by atoms with E-state index in [1.807, 2.05) is 77.2 Å². The zero-order valence-electron chi connectivity index (χ0n) is 15.5. The van der Waals surface area contributed by atoms with Gasteiger partial charge in [-0.25, -0.2) is 4.98 Å². The molecule has 0 N–H and O–H groups in total. The SMILES string of the molecule is CCN(Cc1ccccc1)C(=O)CSc1nccn1-c1cccc(OC)c1. The topological polar surface area (TPSA) is 47.4 Å². The van der Waals surface area contributed by atoms with Gasteiger partial charge in [-0.05, 0) is 24.6 Å². The number of thioether (sulfide) groups is 1. The maximum atomic E-state index is 12.7. The number of rotatable bonds is 8. The summed E-state index contributed by atoms with van der Waals surface area (Å²) in [6.45, 7) is 3.31. The molecule has 0 bridgehead atoms. The van der Waals surface area contributed by atoms with Gasteiger partial charge in [0.05, 0.1) is 18.6 Å². The molecule has 140 valence electrons. The Balaban J connectivity index is 1.66. The van der Waals surface area contributed by atoms with E-state index < -0.39 is 0 Å². The van der Waals surface area contributed by atoms with Gasteiger partial charge in [-0.1, -0.05) is 48.2 Å². The highest BCUT2D eigenvalue weighted by atomic mass is 32.2. The zero-order chi connectivity index (χ0) is 19.1. The molecular weight excluding hydrogens is 358 g/mol. The van der Waals surface area contributed by atoms with Crippen LogP contribution >= 0.6 is 11.8 Å². The summed E-state index contributed by atoms with van der Waals surface area (Å²) in [6, 6.07) is 17.8. The summed E-state index contributed by atoms with van der Waals surface area (Å²) in [4.78, 5) is 18.9. The third-order valence-electron chi connectivity index (χ3n) is 4.21. The number of carbonyl (C=O) groups is 1.